The summed E-state index contributed by atoms with van der Waals surface area (Å²) in [5.74, 6) is 2.57. The fourth-order valence-electron chi connectivity index (χ4n) is 2.25. The second-order valence-electron chi connectivity index (χ2n) is 5.15. The average molecular weight is 232 g/mol. The van der Waals surface area contributed by atoms with Gasteiger partial charge in [0.05, 0.1) is 0 Å². The summed E-state index contributed by atoms with van der Waals surface area (Å²) in [6, 6.07) is 3.83. The number of piperidine rings is 1. The van der Waals surface area contributed by atoms with Crippen molar-refractivity contribution in [1.82, 2.24) is 4.98 Å². The van der Waals surface area contributed by atoms with Gasteiger partial charge in [-0.25, -0.2) is 4.98 Å². The van der Waals surface area contributed by atoms with E-state index in [0.717, 1.165) is 24.8 Å². The molecule has 0 spiro atoms. The Balaban J connectivity index is 2.10. The monoisotopic (exact) mass is 232 g/mol. The highest BCUT2D eigenvalue weighted by molar-refractivity contribution is 5.93. The lowest BCUT2D eigenvalue weighted by Crippen LogP contribution is -2.38. The molecular formula is C14H20N2O. The van der Waals surface area contributed by atoms with Crippen LogP contribution in [0, 0.1) is 11.8 Å². The minimum atomic E-state index is 0.0738. The van der Waals surface area contributed by atoms with Gasteiger partial charge in [0, 0.05) is 24.8 Å². The van der Waals surface area contributed by atoms with Gasteiger partial charge in [-0.05, 0) is 37.3 Å². The van der Waals surface area contributed by atoms with Crippen LogP contribution in [0.2, 0.25) is 0 Å². The molecule has 1 fully saturated rings. The highest BCUT2D eigenvalue weighted by atomic mass is 16.1. The maximum Gasteiger partial charge on any atom is 0.161 e. The van der Waals surface area contributed by atoms with Crippen molar-refractivity contribution in [2.24, 2.45) is 11.8 Å². The third-order valence-electron chi connectivity index (χ3n) is 3.81. The standard InChI is InChI=1S/C14H20N2O/c1-10-6-7-16(9-11(10)2)14-5-4-13(8-15-14)12(3)17/h4-5,8,10-11H,6-7,9H2,1-3H3. The Morgan fingerprint density at radius 3 is 2.65 bits per heavy atom. The zero-order valence-corrected chi connectivity index (χ0v) is 10.8. The number of Topliss-reactive ketones (excluding diaryl/α,β-unsaturated/α-hetero) is 1. The van der Waals surface area contributed by atoms with Crippen molar-refractivity contribution in [3.8, 4) is 0 Å². The first-order valence-electron chi connectivity index (χ1n) is 6.30. The summed E-state index contributed by atoms with van der Waals surface area (Å²) in [6.07, 6.45) is 2.90. The van der Waals surface area contributed by atoms with Gasteiger partial charge in [-0.3, -0.25) is 4.79 Å². The molecule has 0 aliphatic carbocycles. The van der Waals surface area contributed by atoms with Crippen LogP contribution >= 0.6 is 0 Å². The van der Waals surface area contributed by atoms with Gasteiger partial charge in [0.25, 0.3) is 0 Å². The predicted octanol–water partition coefficient (Wildman–Crippen LogP) is 2.77. The lowest BCUT2D eigenvalue weighted by Gasteiger charge is -2.36. The Kier molecular flexibility index (Phi) is 3.46. The van der Waals surface area contributed by atoms with Crippen LogP contribution in [0.25, 0.3) is 0 Å². The SMILES string of the molecule is CC(=O)c1ccc(N2CCC(C)C(C)C2)nc1. The number of anilines is 1. The number of rotatable bonds is 2. The zero-order valence-electron chi connectivity index (χ0n) is 10.8. The van der Waals surface area contributed by atoms with Crippen molar-refractivity contribution >= 4 is 11.6 Å². The Hall–Kier alpha value is -1.38. The van der Waals surface area contributed by atoms with E-state index in [0.29, 0.717) is 11.5 Å². The van der Waals surface area contributed by atoms with Crippen molar-refractivity contribution in [2.75, 3.05) is 18.0 Å². The van der Waals surface area contributed by atoms with Crippen molar-refractivity contribution in [1.29, 1.82) is 0 Å². The number of hydrogen-bond donors (Lipinski definition) is 0. The molecule has 0 aromatic carbocycles. The predicted molar refractivity (Wildman–Crippen MR) is 69.4 cm³/mol. The van der Waals surface area contributed by atoms with E-state index in [1.165, 1.54) is 6.42 Å². The molecule has 2 atom stereocenters. The molecule has 17 heavy (non-hydrogen) atoms. The fourth-order valence-corrected chi connectivity index (χ4v) is 2.25. The molecule has 3 heteroatoms. The summed E-state index contributed by atoms with van der Waals surface area (Å²) in [6.45, 7) is 8.31. The lowest BCUT2D eigenvalue weighted by atomic mass is 9.89. The molecule has 2 heterocycles. The van der Waals surface area contributed by atoms with Gasteiger partial charge in [0.15, 0.2) is 5.78 Å². The van der Waals surface area contributed by atoms with Crippen LogP contribution in [-0.2, 0) is 0 Å². The van der Waals surface area contributed by atoms with Gasteiger partial charge in [-0.15, -0.1) is 0 Å². The molecule has 1 aromatic rings. The van der Waals surface area contributed by atoms with Gasteiger partial charge in [0.2, 0.25) is 0 Å². The van der Waals surface area contributed by atoms with E-state index in [-0.39, 0.29) is 5.78 Å². The highest BCUT2D eigenvalue weighted by Gasteiger charge is 2.23. The van der Waals surface area contributed by atoms with E-state index in [4.69, 9.17) is 0 Å². The number of nitrogens with zero attached hydrogens (tertiary/aromatic N) is 2. The molecule has 1 aliphatic rings. The van der Waals surface area contributed by atoms with E-state index in [9.17, 15) is 4.79 Å². The number of carbonyl (C=O) groups is 1. The van der Waals surface area contributed by atoms with E-state index in [2.05, 4.69) is 23.7 Å². The molecule has 0 bridgehead atoms. The lowest BCUT2D eigenvalue weighted by molar-refractivity contribution is 0.101. The minimum absolute atomic E-state index is 0.0738. The Bertz CT molecular complexity index is 399. The summed E-state index contributed by atoms with van der Waals surface area (Å²) >= 11 is 0. The summed E-state index contributed by atoms with van der Waals surface area (Å²) < 4.78 is 0. The van der Waals surface area contributed by atoms with Crippen LogP contribution in [0.4, 0.5) is 5.82 Å². The summed E-state index contributed by atoms with van der Waals surface area (Å²) in [7, 11) is 0. The quantitative estimate of drug-likeness (QED) is 0.735. The van der Waals surface area contributed by atoms with Crippen LogP contribution in [0.3, 0.4) is 0 Å². The van der Waals surface area contributed by atoms with Crippen LogP contribution in [0.15, 0.2) is 18.3 Å². The van der Waals surface area contributed by atoms with E-state index < -0.39 is 0 Å². The average Bonchev–Trinajstić information content (AvgIpc) is 2.33. The molecule has 1 aliphatic heterocycles. The largest absolute Gasteiger partial charge is 0.356 e. The van der Waals surface area contributed by atoms with Gasteiger partial charge in [-0.2, -0.15) is 0 Å². The third-order valence-corrected chi connectivity index (χ3v) is 3.81. The minimum Gasteiger partial charge on any atom is -0.356 e. The Morgan fingerprint density at radius 2 is 2.12 bits per heavy atom. The molecule has 1 saturated heterocycles. The van der Waals surface area contributed by atoms with Crippen LogP contribution in [0.1, 0.15) is 37.6 Å². The first-order chi connectivity index (χ1) is 8.08. The van der Waals surface area contributed by atoms with Gasteiger partial charge >= 0.3 is 0 Å². The van der Waals surface area contributed by atoms with Crippen molar-refractivity contribution in [3.05, 3.63) is 23.9 Å². The molecule has 2 unspecified atom stereocenters. The molecule has 1 aromatic heterocycles. The number of hydrogen-bond acceptors (Lipinski definition) is 3. The number of carbonyl (C=O) groups excluding carboxylic acids is 1. The summed E-state index contributed by atoms with van der Waals surface area (Å²) in [5, 5.41) is 0. The number of ketones is 1. The molecule has 2 rings (SSSR count). The Morgan fingerprint density at radius 1 is 1.35 bits per heavy atom. The molecule has 0 saturated carbocycles. The maximum absolute atomic E-state index is 11.2. The second-order valence-corrected chi connectivity index (χ2v) is 5.15. The molecule has 0 amide bonds. The topological polar surface area (TPSA) is 33.2 Å². The smallest absolute Gasteiger partial charge is 0.161 e. The summed E-state index contributed by atoms with van der Waals surface area (Å²) in [4.78, 5) is 17.9. The van der Waals surface area contributed by atoms with E-state index >= 15 is 0 Å². The van der Waals surface area contributed by atoms with Gasteiger partial charge < -0.3 is 4.90 Å². The van der Waals surface area contributed by atoms with Gasteiger partial charge in [-0.1, -0.05) is 13.8 Å². The second kappa shape index (κ2) is 4.86. The zero-order chi connectivity index (χ0) is 12.4. The van der Waals surface area contributed by atoms with Gasteiger partial charge in [0.1, 0.15) is 5.82 Å². The van der Waals surface area contributed by atoms with Crippen LogP contribution in [0.5, 0.6) is 0 Å². The normalized spacial score (nSPS) is 24.8. The molecule has 3 nitrogen and oxygen atoms in total. The molecule has 0 radical (unpaired) electrons. The highest BCUT2D eigenvalue weighted by Crippen LogP contribution is 2.25. The first-order valence-corrected chi connectivity index (χ1v) is 6.30. The molecule has 0 N–H and O–H groups in total. The maximum atomic E-state index is 11.2. The number of pyridine rings is 1. The van der Waals surface area contributed by atoms with E-state index in [1.807, 2.05) is 12.1 Å². The Labute approximate surface area is 103 Å². The fraction of sp³-hybridized carbons (Fsp3) is 0.571. The van der Waals surface area contributed by atoms with Crippen LogP contribution < -0.4 is 4.90 Å². The van der Waals surface area contributed by atoms with Crippen molar-refractivity contribution in [2.45, 2.75) is 27.2 Å². The van der Waals surface area contributed by atoms with Crippen molar-refractivity contribution < 1.29 is 4.79 Å². The van der Waals surface area contributed by atoms with E-state index in [1.54, 1.807) is 13.1 Å². The summed E-state index contributed by atoms with van der Waals surface area (Å²) in [5.41, 5.74) is 0.687. The molecule has 92 valence electrons. The van der Waals surface area contributed by atoms with Crippen molar-refractivity contribution in [3.63, 3.8) is 0 Å². The number of aromatic nitrogens is 1. The molecular weight excluding hydrogens is 212 g/mol. The van der Waals surface area contributed by atoms with Crippen LogP contribution in [-0.4, -0.2) is 23.9 Å². The first kappa shape index (κ1) is 12.1. The third kappa shape index (κ3) is 2.65.